The minimum atomic E-state index is 0. The topological polar surface area (TPSA) is 45.7 Å². The van der Waals surface area contributed by atoms with Gasteiger partial charge in [0.05, 0.1) is 12.0 Å². The molecule has 188 valence electrons. The van der Waals surface area contributed by atoms with Crippen LogP contribution in [0, 0.1) is 5.92 Å². The van der Waals surface area contributed by atoms with Crippen LogP contribution in [0.15, 0.2) is 69.8 Å². The summed E-state index contributed by atoms with van der Waals surface area (Å²) in [6.45, 7) is 4.20. The molecule has 1 fully saturated rings. The van der Waals surface area contributed by atoms with Crippen molar-refractivity contribution >= 4 is 35.8 Å². The van der Waals surface area contributed by atoms with E-state index in [4.69, 9.17) is 8.94 Å². The molecule has 5 rings (SSSR count). The summed E-state index contributed by atoms with van der Waals surface area (Å²) in [5, 5.41) is 5.65. The van der Waals surface area contributed by atoms with E-state index < -0.39 is 0 Å². The van der Waals surface area contributed by atoms with Crippen molar-refractivity contribution in [2.45, 2.75) is 38.8 Å². The summed E-state index contributed by atoms with van der Waals surface area (Å²) in [6.07, 6.45) is 6.38. The fourth-order valence-corrected chi connectivity index (χ4v) is 5.04. The van der Waals surface area contributed by atoms with Crippen LogP contribution in [0.5, 0.6) is 0 Å². The van der Waals surface area contributed by atoms with E-state index in [9.17, 15) is 0 Å². The summed E-state index contributed by atoms with van der Waals surface area (Å²) in [5.74, 6) is 1.63. The lowest BCUT2D eigenvalue weighted by molar-refractivity contribution is 0.172. The Hall–Kier alpha value is -2.31. The Kier molecular flexibility index (Phi) is 9.81. The van der Waals surface area contributed by atoms with Crippen LogP contribution in [-0.2, 0) is 19.5 Å². The molecule has 1 aliphatic heterocycles. The lowest BCUT2D eigenvalue weighted by Crippen LogP contribution is -2.33. The minimum absolute atomic E-state index is 0. The lowest BCUT2D eigenvalue weighted by Gasteiger charge is -2.31. The van der Waals surface area contributed by atoms with Crippen molar-refractivity contribution in [1.82, 2.24) is 15.0 Å². The standard InChI is InChI=1S/C28H33N3O2.2ClH/c1-30(2)20-25-23(27-9-6-18-32-27)11-12-24-26(29-33-28(24)25)13-10-21-14-16-31(17-15-21)19-22-7-4-3-5-8-22;;/h3-9,11-12,18,21H,10,13-17,19-20H2,1-2H3;2*1H. The van der Waals surface area contributed by atoms with Crippen LogP contribution in [0.1, 0.15) is 36.1 Å². The highest BCUT2D eigenvalue weighted by Crippen LogP contribution is 2.34. The van der Waals surface area contributed by atoms with E-state index in [1.54, 1.807) is 6.26 Å². The molecule has 0 bridgehead atoms. The number of likely N-dealkylation sites (tertiary alicyclic amines) is 1. The summed E-state index contributed by atoms with van der Waals surface area (Å²) in [5.41, 5.74) is 5.61. The van der Waals surface area contributed by atoms with Gasteiger partial charge in [-0.2, -0.15) is 0 Å². The molecule has 4 aromatic rings. The molecular formula is C28H35Cl2N3O2. The van der Waals surface area contributed by atoms with Crippen molar-refractivity contribution in [2.24, 2.45) is 5.92 Å². The number of hydrogen-bond acceptors (Lipinski definition) is 5. The van der Waals surface area contributed by atoms with Crippen LogP contribution in [0.4, 0.5) is 0 Å². The van der Waals surface area contributed by atoms with Crippen molar-refractivity contribution in [3.05, 3.63) is 77.7 Å². The number of piperidine rings is 1. The summed E-state index contributed by atoms with van der Waals surface area (Å²) in [7, 11) is 4.15. The monoisotopic (exact) mass is 515 g/mol. The van der Waals surface area contributed by atoms with E-state index in [2.05, 4.69) is 71.5 Å². The molecule has 0 radical (unpaired) electrons. The normalized spacial score (nSPS) is 14.7. The fraction of sp³-hybridized carbons (Fsp3) is 0.393. The first-order chi connectivity index (χ1) is 16.2. The summed E-state index contributed by atoms with van der Waals surface area (Å²) >= 11 is 0. The number of aromatic nitrogens is 1. The average Bonchev–Trinajstić information content (AvgIpc) is 3.50. The number of hydrogen-bond donors (Lipinski definition) is 0. The molecule has 2 aromatic carbocycles. The highest BCUT2D eigenvalue weighted by atomic mass is 35.5. The van der Waals surface area contributed by atoms with Gasteiger partial charge in [0.2, 0.25) is 0 Å². The van der Waals surface area contributed by atoms with Gasteiger partial charge in [-0.05, 0) is 88.6 Å². The van der Waals surface area contributed by atoms with Gasteiger partial charge in [0.1, 0.15) is 5.76 Å². The Morgan fingerprint density at radius 1 is 0.971 bits per heavy atom. The van der Waals surface area contributed by atoms with Gasteiger partial charge in [0.15, 0.2) is 5.58 Å². The molecule has 7 heteroatoms. The summed E-state index contributed by atoms with van der Waals surface area (Å²) < 4.78 is 11.6. The number of furan rings is 1. The number of nitrogens with zero attached hydrogens (tertiary/aromatic N) is 3. The zero-order valence-corrected chi connectivity index (χ0v) is 22.1. The predicted octanol–water partition coefficient (Wildman–Crippen LogP) is 6.84. The van der Waals surface area contributed by atoms with E-state index in [0.717, 1.165) is 59.0 Å². The molecule has 0 atom stereocenters. The first-order valence-corrected chi connectivity index (χ1v) is 12.0. The van der Waals surface area contributed by atoms with Crippen LogP contribution in [0.25, 0.3) is 22.3 Å². The molecule has 0 aliphatic carbocycles. The fourth-order valence-electron chi connectivity index (χ4n) is 5.04. The molecule has 1 aliphatic rings. The van der Waals surface area contributed by atoms with Crippen molar-refractivity contribution < 1.29 is 8.94 Å². The zero-order valence-electron chi connectivity index (χ0n) is 20.5. The molecule has 35 heavy (non-hydrogen) atoms. The van der Waals surface area contributed by atoms with Gasteiger partial charge in [-0.25, -0.2) is 0 Å². The quantitative estimate of drug-likeness (QED) is 0.257. The largest absolute Gasteiger partial charge is 0.464 e. The third-order valence-electron chi connectivity index (χ3n) is 6.83. The van der Waals surface area contributed by atoms with Crippen LogP contribution < -0.4 is 0 Å². The lowest BCUT2D eigenvalue weighted by atomic mass is 9.90. The molecule has 1 saturated heterocycles. The van der Waals surface area contributed by atoms with Crippen LogP contribution in [0.2, 0.25) is 0 Å². The molecule has 0 amide bonds. The molecule has 0 unspecified atom stereocenters. The third-order valence-corrected chi connectivity index (χ3v) is 6.83. The van der Waals surface area contributed by atoms with Gasteiger partial charge in [0, 0.05) is 29.6 Å². The van der Waals surface area contributed by atoms with Crippen molar-refractivity contribution in [1.29, 1.82) is 0 Å². The number of benzene rings is 2. The van der Waals surface area contributed by atoms with Gasteiger partial charge in [-0.3, -0.25) is 4.90 Å². The van der Waals surface area contributed by atoms with Gasteiger partial charge >= 0.3 is 0 Å². The second-order valence-electron chi connectivity index (χ2n) is 9.56. The molecule has 0 saturated carbocycles. The number of rotatable bonds is 8. The van der Waals surface area contributed by atoms with E-state index >= 15 is 0 Å². The Morgan fingerprint density at radius 2 is 1.74 bits per heavy atom. The van der Waals surface area contributed by atoms with E-state index in [1.165, 1.54) is 37.9 Å². The first-order valence-electron chi connectivity index (χ1n) is 12.0. The Bertz CT molecular complexity index is 1170. The smallest absolute Gasteiger partial charge is 0.172 e. The van der Waals surface area contributed by atoms with Crippen molar-refractivity contribution in [3.8, 4) is 11.3 Å². The molecule has 0 spiro atoms. The summed E-state index contributed by atoms with van der Waals surface area (Å²) in [6, 6.07) is 19.0. The Labute approximate surface area is 220 Å². The van der Waals surface area contributed by atoms with E-state index in [0.29, 0.717) is 0 Å². The van der Waals surface area contributed by atoms with Crippen LogP contribution in [0.3, 0.4) is 0 Å². The molecule has 5 nitrogen and oxygen atoms in total. The van der Waals surface area contributed by atoms with Gasteiger partial charge < -0.3 is 13.8 Å². The Morgan fingerprint density at radius 3 is 2.43 bits per heavy atom. The summed E-state index contributed by atoms with van der Waals surface area (Å²) in [4.78, 5) is 4.74. The van der Waals surface area contributed by atoms with Gasteiger partial charge in [0.25, 0.3) is 0 Å². The van der Waals surface area contributed by atoms with Crippen LogP contribution >= 0.6 is 24.8 Å². The molecule has 2 aromatic heterocycles. The molecule has 0 N–H and O–H groups in total. The van der Waals surface area contributed by atoms with Crippen molar-refractivity contribution in [3.63, 3.8) is 0 Å². The second kappa shape index (κ2) is 12.6. The number of aryl methyl sites for hydroxylation is 1. The second-order valence-corrected chi connectivity index (χ2v) is 9.56. The average molecular weight is 517 g/mol. The SMILES string of the molecule is CN(C)Cc1c(-c2ccco2)ccc2c(CCC3CCN(Cc4ccccc4)CC3)noc12.Cl.Cl. The maximum atomic E-state index is 5.92. The van der Waals surface area contributed by atoms with Gasteiger partial charge in [-0.15, -0.1) is 24.8 Å². The molecular weight excluding hydrogens is 481 g/mol. The Balaban J connectivity index is 0.00000171. The predicted molar refractivity (Wildman–Crippen MR) is 146 cm³/mol. The highest BCUT2D eigenvalue weighted by molar-refractivity contribution is 5.88. The third kappa shape index (κ3) is 6.47. The number of halogens is 2. The maximum Gasteiger partial charge on any atom is 0.172 e. The first kappa shape index (κ1) is 27.3. The van der Waals surface area contributed by atoms with Crippen LogP contribution in [-0.4, -0.2) is 42.1 Å². The van der Waals surface area contributed by atoms with Gasteiger partial charge in [-0.1, -0.05) is 35.5 Å². The molecule has 3 heterocycles. The van der Waals surface area contributed by atoms with Crippen molar-refractivity contribution in [2.75, 3.05) is 27.2 Å². The highest BCUT2D eigenvalue weighted by Gasteiger charge is 2.22. The van der Waals surface area contributed by atoms with E-state index in [1.807, 2.05) is 12.1 Å². The number of fused-ring (bicyclic) bond motifs is 1. The van der Waals surface area contributed by atoms with E-state index in [-0.39, 0.29) is 24.8 Å². The zero-order chi connectivity index (χ0) is 22.6. The minimum Gasteiger partial charge on any atom is -0.464 e. The maximum absolute atomic E-state index is 5.92.